The van der Waals surface area contributed by atoms with E-state index in [2.05, 4.69) is 23.5 Å². The Morgan fingerprint density at radius 3 is 2.52 bits per heavy atom. The molecule has 2 rings (SSSR count). The highest BCUT2D eigenvalue weighted by molar-refractivity contribution is 7.91. The van der Waals surface area contributed by atoms with Gasteiger partial charge in [0.05, 0.1) is 5.56 Å². The summed E-state index contributed by atoms with van der Waals surface area (Å²) in [6.07, 6.45) is 1.54. The number of thiophene rings is 1. The van der Waals surface area contributed by atoms with Gasteiger partial charge in [-0.05, 0) is 45.8 Å². The summed E-state index contributed by atoms with van der Waals surface area (Å²) in [5, 5.41) is 10.2. The first-order valence-corrected chi connectivity index (χ1v) is 9.24. The van der Waals surface area contributed by atoms with E-state index in [0.29, 0.717) is 6.04 Å². The summed E-state index contributed by atoms with van der Waals surface area (Å²) in [6, 6.07) is 1.59. The molecule has 1 aromatic heterocycles. The van der Waals surface area contributed by atoms with Crippen LogP contribution >= 0.6 is 11.3 Å². The van der Waals surface area contributed by atoms with Crippen LogP contribution in [0.1, 0.15) is 37.0 Å². The van der Waals surface area contributed by atoms with E-state index in [9.17, 15) is 13.2 Å². The molecule has 2 N–H and O–H groups in total. The number of aromatic carboxylic acids is 1. The van der Waals surface area contributed by atoms with Gasteiger partial charge in [-0.2, -0.15) is 0 Å². The molecule has 6 nitrogen and oxygen atoms in total. The van der Waals surface area contributed by atoms with E-state index in [0.717, 1.165) is 37.3 Å². The molecule has 118 valence electrons. The highest BCUT2D eigenvalue weighted by Crippen LogP contribution is 2.22. The van der Waals surface area contributed by atoms with E-state index >= 15 is 0 Å². The van der Waals surface area contributed by atoms with Gasteiger partial charge in [0.1, 0.15) is 4.21 Å². The molecule has 0 aliphatic carbocycles. The van der Waals surface area contributed by atoms with Crippen LogP contribution in [-0.2, 0) is 10.0 Å². The van der Waals surface area contributed by atoms with Crippen molar-refractivity contribution in [2.75, 3.05) is 13.1 Å². The zero-order valence-electron chi connectivity index (χ0n) is 12.1. The molecule has 1 aliphatic heterocycles. The van der Waals surface area contributed by atoms with Gasteiger partial charge in [-0.25, -0.2) is 17.9 Å². The molecule has 0 atom stereocenters. The van der Waals surface area contributed by atoms with E-state index in [1.54, 1.807) is 0 Å². The van der Waals surface area contributed by atoms with Crippen LogP contribution in [0.25, 0.3) is 0 Å². The molecule has 8 heteroatoms. The minimum atomic E-state index is -3.62. The van der Waals surface area contributed by atoms with Crippen molar-refractivity contribution in [3.8, 4) is 0 Å². The highest BCUT2D eigenvalue weighted by Gasteiger charge is 2.26. The van der Waals surface area contributed by atoms with Gasteiger partial charge in [0.25, 0.3) is 0 Å². The van der Waals surface area contributed by atoms with Crippen molar-refractivity contribution in [3.63, 3.8) is 0 Å². The van der Waals surface area contributed by atoms with Crippen LogP contribution < -0.4 is 4.72 Å². The van der Waals surface area contributed by atoms with Crippen LogP contribution in [-0.4, -0.2) is 49.6 Å². The first-order chi connectivity index (χ1) is 9.79. The second-order valence-electron chi connectivity index (χ2n) is 5.48. The fourth-order valence-corrected chi connectivity index (χ4v) is 4.86. The van der Waals surface area contributed by atoms with Crippen molar-refractivity contribution < 1.29 is 18.3 Å². The van der Waals surface area contributed by atoms with Crippen LogP contribution in [0, 0.1) is 0 Å². The third-order valence-corrected chi connectivity index (χ3v) is 6.63. The van der Waals surface area contributed by atoms with Gasteiger partial charge in [-0.15, -0.1) is 11.3 Å². The van der Waals surface area contributed by atoms with Gasteiger partial charge in [0.2, 0.25) is 10.0 Å². The number of nitrogens with one attached hydrogen (secondary N) is 1. The molecule has 21 heavy (non-hydrogen) atoms. The number of nitrogens with zero attached hydrogens (tertiary/aromatic N) is 1. The Hall–Kier alpha value is -0.960. The molecule has 2 heterocycles. The number of hydrogen-bond donors (Lipinski definition) is 2. The van der Waals surface area contributed by atoms with E-state index in [-0.39, 0.29) is 15.8 Å². The lowest BCUT2D eigenvalue weighted by molar-refractivity contribution is 0.0697. The van der Waals surface area contributed by atoms with Crippen molar-refractivity contribution in [1.29, 1.82) is 0 Å². The van der Waals surface area contributed by atoms with Gasteiger partial charge in [0, 0.05) is 17.5 Å². The quantitative estimate of drug-likeness (QED) is 0.855. The Kier molecular flexibility index (Phi) is 5.03. The Labute approximate surface area is 128 Å². The molecule has 0 spiro atoms. The Morgan fingerprint density at radius 2 is 2.05 bits per heavy atom. The lowest BCUT2D eigenvalue weighted by Gasteiger charge is -2.34. The third-order valence-electron chi connectivity index (χ3n) is 3.67. The SMILES string of the molecule is CC(C)N1CCC(NS(=O)(=O)c2cc(C(=O)O)cs2)CC1. The van der Waals surface area contributed by atoms with Gasteiger partial charge < -0.3 is 10.0 Å². The average Bonchev–Trinajstić information content (AvgIpc) is 2.89. The number of hydrogen-bond acceptors (Lipinski definition) is 5. The lowest BCUT2D eigenvalue weighted by Crippen LogP contribution is -2.46. The third kappa shape index (κ3) is 4.03. The summed E-state index contributed by atoms with van der Waals surface area (Å²) in [4.78, 5) is 13.1. The van der Waals surface area contributed by atoms with Gasteiger partial charge in [0.15, 0.2) is 0 Å². The summed E-state index contributed by atoms with van der Waals surface area (Å²) >= 11 is 0.937. The van der Waals surface area contributed by atoms with Gasteiger partial charge in [-0.3, -0.25) is 0 Å². The second kappa shape index (κ2) is 6.43. The summed E-state index contributed by atoms with van der Waals surface area (Å²) in [6.45, 7) is 6.00. The zero-order chi connectivity index (χ0) is 15.6. The van der Waals surface area contributed by atoms with E-state index in [4.69, 9.17) is 5.11 Å². The van der Waals surface area contributed by atoms with E-state index in [1.165, 1.54) is 11.4 Å². The molecular weight excluding hydrogens is 312 g/mol. The number of rotatable bonds is 5. The minimum Gasteiger partial charge on any atom is -0.478 e. The molecule has 1 fully saturated rings. The fourth-order valence-electron chi connectivity index (χ4n) is 2.38. The first kappa shape index (κ1) is 16.4. The Balaban J connectivity index is 2.00. The zero-order valence-corrected chi connectivity index (χ0v) is 13.7. The molecule has 0 saturated carbocycles. The van der Waals surface area contributed by atoms with Gasteiger partial charge in [-0.1, -0.05) is 0 Å². The van der Waals surface area contributed by atoms with Crippen LogP contribution in [0.4, 0.5) is 0 Å². The van der Waals surface area contributed by atoms with Crippen molar-refractivity contribution in [2.24, 2.45) is 0 Å². The van der Waals surface area contributed by atoms with E-state index < -0.39 is 16.0 Å². The molecule has 1 aromatic rings. The topological polar surface area (TPSA) is 86.7 Å². The number of sulfonamides is 1. The van der Waals surface area contributed by atoms with E-state index in [1.807, 2.05) is 0 Å². The number of carboxylic acid groups (broad SMARTS) is 1. The number of piperidine rings is 1. The summed E-state index contributed by atoms with van der Waals surface area (Å²) in [7, 11) is -3.62. The molecular formula is C13H20N2O4S2. The van der Waals surface area contributed by atoms with Crippen molar-refractivity contribution >= 4 is 27.3 Å². The second-order valence-corrected chi connectivity index (χ2v) is 8.34. The number of carbonyl (C=O) groups is 1. The predicted octanol–water partition coefficient (Wildman–Crippen LogP) is 1.60. The molecule has 1 saturated heterocycles. The Morgan fingerprint density at radius 1 is 1.43 bits per heavy atom. The summed E-state index contributed by atoms with van der Waals surface area (Å²) in [5.41, 5.74) is 0.00926. The van der Waals surface area contributed by atoms with Crippen LogP contribution in [0.2, 0.25) is 0 Å². The van der Waals surface area contributed by atoms with Crippen molar-refractivity contribution in [2.45, 2.75) is 43.0 Å². The normalized spacial score (nSPS) is 18.2. The highest BCUT2D eigenvalue weighted by atomic mass is 32.2. The molecule has 0 unspecified atom stereocenters. The largest absolute Gasteiger partial charge is 0.478 e. The van der Waals surface area contributed by atoms with Gasteiger partial charge >= 0.3 is 5.97 Å². The molecule has 1 aliphatic rings. The number of carboxylic acids is 1. The average molecular weight is 332 g/mol. The molecule has 0 radical (unpaired) electrons. The maximum atomic E-state index is 12.2. The number of likely N-dealkylation sites (tertiary alicyclic amines) is 1. The predicted molar refractivity (Wildman–Crippen MR) is 81.3 cm³/mol. The minimum absolute atomic E-state index is 0.00926. The maximum absolute atomic E-state index is 12.2. The Bertz CT molecular complexity index is 601. The smallest absolute Gasteiger partial charge is 0.336 e. The standard InChI is InChI=1S/C13H20N2O4S2/c1-9(2)15-5-3-11(4-6-15)14-21(18,19)12-7-10(8-20-12)13(16)17/h7-9,11,14H,3-6H2,1-2H3,(H,16,17). The summed E-state index contributed by atoms with van der Waals surface area (Å²) in [5.74, 6) is -1.11. The van der Waals surface area contributed by atoms with Crippen LogP contribution in [0.15, 0.2) is 15.7 Å². The lowest BCUT2D eigenvalue weighted by atomic mass is 10.1. The monoisotopic (exact) mass is 332 g/mol. The van der Waals surface area contributed by atoms with Crippen LogP contribution in [0.5, 0.6) is 0 Å². The first-order valence-electron chi connectivity index (χ1n) is 6.88. The maximum Gasteiger partial charge on any atom is 0.336 e. The van der Waals surface area contributed by atoms with Crippen molar-refractivity contribution in [3.05, 3.63) is 17.0 Å². The van der Waals surface area contributed by atoms with Crippen LogP contribution in [0.3, 0.4) is 0 Å². The molecule has 0 bridgehead atoms. The molecule has 0 amide bonds. The molecule has 0 aromatic carbocycles. The summed E-state index contributed by atoms with van der Waals surface area (Å²) < 4.78 is 27.2. The van der Waals surface area contributed by atoms with Crippen molar-refractivity contribution in [1.82, 2.24) is 9.62 Å². The fraction of sp³-hybridized carbons (Fsp3) is 0.615.